The average molecular weight is 462 g/mol. The monoisotopic (exact) mass is 461 g/mol. The summed E-state index contributed by atoms with van der Waals surface area (Å²) in [5.74, 6) is 1.63. The first-order valence-corrected chi connectivity index (χ1v) is 12.1. The Hall–Kier alpha value is -3.10. The van der Waals surface area contributed by atoms with Crippen molar-refractivity contribution in [2.24, 2.45) is 5.92 Å². The van der Waals surface area contributed by atoms with Crippen molar-refractivity contribution in [1.82, 2.24) is 9.88 Å². The third-order valence-electron chi connectivity index (χ3n) is 6.04. The molecule has 7 nitrogen and oxygen atoms in total. The first-order valence-electron chi connectivity index (χ1n) is 11.1. The van der Waals surface area contributed by atoms with E-state index in [1.807, 2.05) is 48.5 Å². The van der Waals surface area contributed by atoms with E-state index >= 15 is 0 Å². The summed E-state index contributed by atoms with van der Waals surface area (Å²) >= 11 is 1.47. The molecule has 2 aliphatic rings. The van der Waals surface area contributed by atoms with Crippen LogP contribution in [0.3, 0.4) is 0 Å². The number of hydrogen-bond acceptors (Lipinski definition) is 6. The van der Waals surface area contributed by atoms with Crippen LogP contribution in [0.5, 0.6) is 0 Å². The molecule has 1 aliphatic carbocycles. The summed E-state index contributed by atoms with van der Waals surface area (Å²) < 4.78 is 0. The summed E-state index contributed by atoms with van der Waals surface area (Å²) in [4.78, 5) is 32.8. The molecule has 1 saturated carbocycles. The number of para-hydroxylation sites is 1. The quantitative estimate of drug-likeness (QED) is 0.508. The maximum atomic E-state index is 13.3. The van der Waals surface area contributed by atoms with E-state index in [-0.39, 0.29) is 11.8 Å². The summed E-state index contributed by atoms with van der Waals surface area (Å²) in [7, 11) is 4.21. The van der Waals surface area contributed by atoms with Crippen molar-refractivity contribution >= 4 is 51.7 Å². The van der Waals surface area contributed by atoms with Crippen LogP contribution in [-0.2, 0) is 4.79 Å². The largest absolute Gasteiger partial charge is 0.367 e. The van der Waals surface area contributed by atoms with Gasteiger partial charge in [0.2, 0.25) is 5.91 Å². The van der Waals surface area contributed by atoms with Gasteiger partial charge in [-0.25, -0.2) is 4.98 Å². The molecule has 3 N–H and O–H groups in total. The van der Waals surface area contributed by atoms with E-state index in [0.29, 0.717) is 29.0 Å². The summed E-state index contributed by atoms with van der Waals surface area (Å²) in [6, 6.07) is 15.5. The standard InChI is InChI=1S/C25H27N5O2S/c1-30(2)13-15-9-17(10-15)26-23-12-19(18-5-3-4-6-20(18)28-23)25(32)27-16-7-8-21-22(11-16)33-14-24(31)29-21/h3-8,11-12,15,17H,9-10,13-14H2,1-2H3,(H,26,28)(H,27,32)(H,29,31). The molecule has 170 valence electrons. The number of aromatic nitrogens is 1. The Morgan fingerprint density at radius 3 is 2.82 bits per heavy atom. The fourth-order valence-corrected chi connectivity index (χ4v) is 5.36. The molecule has 0 unspecified atom stereocenters. The van der Waals surface area contributed by atoms with Crippen molar-refractivity contribution in [1.29, 1.82) is 0 Å². The maximum absolute atomic E-state index is 13.3. The molecule has 2 aromatic carbocycles. The number of fused-ring (bicyclic) bond motifs is 2. The minimum atomic E-state index is -0.180. The van der Waals surface area contributed by atoms with E-state index in [4.69, 9.17) is 4.98 Å². The highest BCUT2D eigenvalue weighted by Gasteiger charge is 2.29. The lowest BCUT2D eigenvalue weighted by molar-refractivity contribution is -0.113. The molecule has 1 aromatic heterocycles. The molecule has 3 aromatic rings. The Bertz CT molecular complexity index is 1220. The van der Waals surface area contributed by atoms with Crippen LogP contribution in [0.1, 0.15) is 23.2 Å². The smallest absolute Gasteiger partial charge is 0.256 e. The van der Waals surface area contributed by atoms with Gasteiger partial charge in [0.1, 0.15) is 5.82 Å². The third-order valence-corrected chi connectivity index (χ3v) is 7.10. The molecular formula is C25H27N5O2S. The first kappa shape index (κ1) is 21.7. The van der Waals surface area contributed by atoms with Gasteiger partial charge in [-0.15, -0.1) is 11.8 Å². The van der Waals surface area contributed by atoms with Crippen molar-refractivity contribution in [3.05, 3.63) is 54.1 Å². The number of rotatable bonds is 6. The third kappa shape index (κ3) is 4.82. The lowest BCUT2D eigenvalue weighted by Crippen LogP contribution is -2.40. The van der Waals surface area contributed by atoms with Gasteiger partial charge in [0.15, 0.2) is 0 Å². The first-order chi connectivity index (χ1) is 15.9. The van der Waals surface area contributed by atoms with Crippen LogP contribution in [0.2, 0.25) is 0 Å². The normalized spacial score (nSPS) is 19.5. The Morgan fingerprint density at radius 2 is 2.00 bits per heavy atom. The molecule has 0 saturated heterocycles. The molecule has 8 heteroatoms. The summed E-state index contributed by atoms with van der Waals surface area (Å²) in [6.45, 7) is 1.10. The predicted octanol–water partition coefficient (Wildman–Crippen LogP) is 4.28. The molecule has 33 heavy (non-hydrogen) atoms. The van der Waals surface area contributed by atoms with Crippen LogP contribution in [0, 0.1) is 5.92 Å². The number of nitrogens with one attached hydrogen (secondary N) is 3. The van der Waals surface area contributed by atoms with Crippen LogP contribution in [0.25, 0.3) is 10.9 Å². The topological polar surface area (TPSA) is 86.4 Å². The lowest BCUT2D eigenvalue weighted by atomic mass is 9.80. The van der Waals surface area contributed by atoms with E-state index in [1.54, 1.807) is 0 Å². The van der Waals surface area contributed by atoms with Crippen LogP contribution in [0.4, 0.5) is 17.2 Å². The van der Waals surface area contributed by atoms with E-state index in [9.17, 15) is 9.59 Å². The molecule has 2 heterocycles. The Balaban J connectivity index is 1.36. The van der Waals surface area contributed by atoms with Gasteiger partial charge in [0.05, 0.1) is 22.5 Å². The fraction of sp³-hybridized carbons (Fsp3) is 0.320. The van der Waals surface area contributed by atoms with E-state index in [2.05, 4.69) is 34.9 Å². The molecule has 1 fully saturated rings. The number of anilines is 3. The average Bonchev–Trinajstić information content (AvgIpc) is 2.77. The number of pyridine rings is 1. The zero-order valence-electron chi connectivity index (χ0n) is 18.7. The highest BCUT2D eigenvalue weighted by molar-refractivity contribution is 8.00. The summed E-state index contributed by atoms with van der Waals surface area (Å²) in [5, 5.41) is 10.2. The van der Waals surface area contributed by atoms with Gasteiger partial charge in [-0.05, 0) is 63.2 Å². The number of hydrogen-bond donors (Lipinski definition) is 3. The van der Waals surface area contributed by atoms with Crippen molar-refractivity contribution in [2.45, 2.75) is 23.8 Å². The molecule has 5 rings (SSSR count). The van der Waals surface area contributed by atoms with Crippen molar-refractivity contribution in [3.63, 3.8) is 0 Å². The second kappa shape index (κ2) is 9.03. The number of carbonyl (C=O) groups is 2. The van der Waals surface area contributed by atoms with Crippen molar-refractivity contribution in [3.8, 4) is 0 Å². The molecule has 0 atom stereocenters. The van der Waals surface area contributed by atoms with Crippen LogP contribution in [0.15, 0.2) is 53.4 Å². The van der Waals surface area contributed by atoms with Gasteiger partial charge in [-0.3, -0.25) is 9.59 Å². The van der Waals surface area contributed by atoms with Gasteiger partial charge in [0.25, 0.3) is 5.91 Å². The molecule has 2 amide bonds. The number of amides is 2. The zero-order valence-corrected chi connectivity index (χ0v) is 19.5. The van der Waals surface area contributed by atoms with Crippen LogP contribution in [-0.4, -0.2) is 54.1 Å². The second-order valence-corrected chi connectivity index (χ2v) is 10.0. The highest BCUT2D eigenvalue weighted by atomic mass is 32.2. The van der Waals surface area contributed by atoms with E-state index in [1.165, 1.54) is 11.8 Å². The number of benzene rings is 2. The number of thioether (sulfide) groups is 1. The zero-order chi connectivity index (χ0) is 22.9. The van der Waals surface area contributed by atoms with Gasteiger partial charge in [0, 0.05) is 28.6 Å². The molecule has 0 bridgehead atoms. The van der Waals surface area contributed by atoms with Crippen LogP contribution < -0.4 is 16.0 Å². The maximum Gasteiger partial charge on any atom is 0.256 e. The molecular weight excluding hydrogens is 434 g/mol. The molecule has 0 radical (unpaired) electrons. The Kier molecular flexibility index (Phi) is 5.95. The minimum absolute atomic E-state index is 0.00734. The number of nitrogens with zero attached hydrogens (tertiary/aromatic N) is 2. The van der Waals surface area contributed by atoms with Gasteiger partial charge in [-0.1, -0.05) is 18.2 Å². The predicted molar refractivity (Wildman–Crippen MR) is 134 cm³/mol. The Morgan fingerprint density at radius 1 is 1.18 bits per heavy atom. The lowest BCUT2D eigenvalue weighted by Gasteiger charge is -2.37. The fourth-order valence-electron chi connectivity index (χ4n) is 4.52. The summed E-state index contributed by atoms with van der Waals surface area (Å²) in [5.41, 5.74) is 2.86. The van der Waals surface area contributed by atoms with Crippen molar-refractivity contribution < 1.29 is 9.59 Å². The van der Waals surface area contributed by atoms with E-state index < -0.39 is 0 Å². The SMILES string of the molecule is CN(C)CC1CC(Nc2cc(C(=O)Nc3ccc4c(c3)SCC(=O)N4)c3ccccc3n2)C1. The van der Waals surface area contributed by atoms with Crippen molar-refractivity contribution in [2.75, 3.05) is 42.3 Å². The van der Waals surface area contributed by atoms with Crippen LogP contribution >= 0.6 is 11.8 Å². The highest BCUT2D eigenvalue weighted by Crippen LogP contribution is 2.34. The second-order valence-electron chi connectivity index (χ2n) is 9.02. The minimum Gasteiger partial charge on any atom is -0.367 e. The van der Waals surface area contributed by atoms with Gasteiger partial charge >= 0.3 is 0 Å². The molecule has 1 aliphatic heterocycles. The number of carbonyl (C=O) groups excluding carboxylic acids is 2. The van der Waals surface area contributed by atoms with Gasteiger partial charge < -0.3 is 20.9 Å². The Labute approximate surface area is 197 Å². The summed E-state index contributed by atoms with van der Waals surface area (Å²) in [6.07, 6.45) is 2.22. The van der Waals surface area contributed by atoms with E-state index in [0.717, 1.165) is 46.7 Å². The molecule has 0 spiro atoms. The van der Waals surface area contributed by atoms with Gasteiger partial charge in [-0.2, -0.15) is 0 Å².